The van der Waals surface area contributed by atoms with E-state index in [0.717, 1.165) is 30.3 Å². The fourth-order valence-corrected chi connectivity index (χ4v) is 4.22. The molecule has 4 heteroatoms. The van der Waals surface area contributed by atoms with Crippen molar-refractivity contribution in [1.29, 1.82) is 0 Å². The van der Waals surface area contributed by atoms with Gasteiger partial charge in [-0.2, -0.15) is 0 Å². The number of aliphatic hydroxyl groups excluding tert-OH is 1. The maximum Gasteiger partial charge on any atom is 0.0570 e. The lowest BCUT2D eigenvalue weighted by molar-refractivity contribution is 0.0340. The van der Waals surface area contributed by atoms with Gasteiger partial charge in [-0.3, -0.25) is 4.90 Å². The third-order valence-electron chi connectivity index (χ3n) is 4.83. The first kappa shape index (κ1) is 14.5. The summed E-state index contributed by atoms with van der Waals surface area (Å²) < 4.78 is 1.09. The Labute approximate surface area is 129 Å². The zero-order chi connectivity index (χ0) is 14.1. The van der Waals surface area contributed by atoms with Crippen molar-refractivity contribution in [1.82, 2.24) is 4.90 Å². The van der Waals surface area contributed by atoms with E-state index < -0.39 is 0 Å². The zero-order valence-corrected chi connectivity index (χ0v) is 13.3. The zero-order valence-electron chi connectivity index (χ0n) is 11.7. The minimum atomic E-state index is -0.0810. The van der Waals surface area contributed by atoms with Gasteiger partial charge in [-0.15, -0.1) is 0 Å². The lowest BCUT2D eigenvalue weighted by Gasteiger charge is -2.37. The Hall–Kier alpha value is -0.420. The van der Waals surface area contributed by atoms with Gasteiger partial charge in [-0.25, -0.2) is 0 Å². The summed E-state index contributed by atoms with van der Waals surface area (Å²) in [6.45, 7) is 1.05. The van der Waals surface area contributed by atoms with Gasteiger partial charge in [-0.05, 0) is 49.8 Å². The van der Waals surface area contributed by atoms with Gasteiger partial charge in [0.05, 0.1) is 6.10 Å². The monoisotopic (exact) mass is 338 g/mol. The molecular weight excluding hydrogens is 316 g/mol. The highest BCUT2D eigenvalue weighted by Gasteiger charge is 2.39. The Bertz CT molecular complexity index is 454. The molecule has 2 aliphatic rings. The van der Waals surface area contributed by atoms with Crippen LogP contribution in [0.25, 0.3) is 0 Å². The molecule has 0 aliphatic carbocycles. The van der Waals surface area contributed by atoms with E-state index in [9.17, 15) is 5.11 Å². The first-order valence-electron chi connectivity index (χ1n) is 7.58. The number of rotatable bonds is 4. The molecule has 2 saturated heterocycles. The van der Waals surface area contributed by atoms with E-state index in [1.807, 2.05) is 12.1 Å². The molecule has 1 aromatic rings. The first-order valence-corrected chi connectivity index (χ1v) is 8.37. The first-order chi connectivity index (χ1) is 9.63. The number of benzene rings is 1. The molecule has 3 nitrogen and oxygen atoms in total. The van der Waals surface area contributed by atoms with Gasteiger partial charge >= 0.3 is 0 Å². The van der Waals surface area contributed by atoms with E-state index >= 15 is 0 Å². The Morgan fingerprint density at radius 1 is 1.30 bits per heavy atom. The summed E-state index contributed by atoms with van der Waals surface area (Å²) in [7, 11) is 0. The molecule has 2 fully saturated rings. The van der Waals surface area contributed by atoms with Crippen LogP contribution in [0.5, 0.6) is 0 Å². The molecule has 0 aromatic heterocycles. The van der Waals surface area contributed by atoms with Crippen LogP contribution in [0.1, 0.15) is 43.7 Å². The minimum absolute atomic E-state index is 0.0810. The molecule has 0 spiro atoms. The second kappa shape index (κ2) is 6.14. The van der Waals surface area contributed by atoms with Crippen LogP contribution in [0, 0.1) is 0 Å². The standard InChI is InChI=1S/C16H23BrN2O/c17-12-3-1-2-11(8-12)16(18)6-7-19-13-4-5-14(19)10-15(20)9-13/h1-3,8,13-16,20H,4-7,9-10,18H2. The van der Waals surface area contributed by atoms with Crippen LogP contribution in [0.4, 0.5) is 0 Å². The number of nitrogens with two attached hydrogens (primary N) is 1. The second-order valence-electron chi connectivity index (χ2n) is 6.20. The van der Waals surface area contributed by atoms with Crippen molar-refractivity contribution in [2.45, 2.75) is 56.3 Å². The summed E-state index contributed by atoms with van der Waals surface area (Å²) in [6.07, 6.45) is 5.29. The highest BCUT2D eigenvalue weighted by Crippen LogP contribution is 2.36. The van der Waals surface area contributed by atoms with Gasteiger partial charge in [0.2, 0.25) is 0 Å². The smallest absolute Gasteiger partial charge is 0.0570 e. The molecule has 2 heterocycles. The molecule has 20 heavy (non-hydrogen) atoms. The Morgan fingerprint density at radius 2 is 2.00 bits per heavy atom. The van der Waals surface area contributed by atoms with E-state index in [4.69, 9.17) is 5.73 Å². The maximum absolute atomic E-state index is 9.84. The van der Waals surface area contributed by atoms with E-state index in [-0.39, 0.29) is 12.1 Å². The molecule has 0 radical (unpaired) electrons. The summed E-state index contributed by atoms with van der Waals surface area (Å²) in [5.74, 6) is 0. The number of nitrogens with zero attached hydrogens (tertiary/aromatic N) is 1. The van der Waals surface area contributed by atoms with Gasteiger partial charge in [-0.1, -0.05) is 28.1 Å². The normalized spacial score (nSPS) is 31.4. The summed E-state index contributed by atoms with van der Waals surface area (Å²) in [6, 6.07) is 9.54. The van der Waals surface area contributed by atoms with Gasteiger partial charge in [0.15, 0.2) is 0 Å². The van der Waals surface area contributed by atoms with Crippen molar-refractivity contribution in [3.8, 4) is 0 Å². The van der Waals surface area contributed by atoms with E-state index in [1.54, 1.807) is 0 Å². The lowest BCUT2D eigenvalue weighted by atomic mass is 9.98. The fraction of sp³-hybridized carbons (Fsp3) is 0.625. The SMILES string of the molecule is NC(CCN1C2CCC1CC(O)C2)c1cccc(Br)c1. The molecule has 2 aliphatic heterocycles. The largest absolute Gasteiger partial charge is 0.393 e. The number of halogens is 1. The molecule has 110 valence electrons. The molecule has 3 unspecified atom stereocenters. The van der Waals surface area contributed by atoms with E-state index in [2.05, 4.69) is 33.0 Å². The van der Waals surface area contributed by atoms with Gasteiger partial charge in [0, 0.05) is 29.1 Å². The second-order valence-corrected chi connectivity index (χ2v) is 7.11. The minimum Gasteiger partial charge on any atom is -0.393 e. The molecule has 3 rings (SSSR count). The third kappa shape index (κ3) is 3.08. The van der Waals surface area contributed by atoms with Crippen molar-refractivity contribution in [3.63, 3.8) is 0 Å². The predicted molar refractivity (Wildman–Crippen MR) is 84.4 cm³/mol. The maximum atomic E-state index is 9.84. The van der Waals surface area contributed by atoms with Crippen LogP contribution in [0.15, 0.2) is 28.7 Å². The topological polar surface area (TPSA) is 49.5 Å². The van der Waals surface area contributed by atoms with Crippen LogP contribution in [-0.2, 0) is 0 Å². The molecule has 1 aromatic carbocycles. The van der Waals surface area contributed by atoms with E-state index in [0.29, 0.717) is 12.1 Å². The Morgan fingerprint density at radius 3 is 2.65 bits per heavy atom. The van der Waals surface area contributed by atoms with Crippen molar-refractivity contribution in [3.05, 3.63) is 34.3 Å². The predicted octanol–water partition coefficient (Wildman–Crippen LogP) is 2.83. The van der Waals surface area contributed by atoms with Crippen LogP contribution >= 0.6 is 15.9 Å². The third-order valence-corrected chi connectivity index (χ3v) is 5.33. The Balaban J connectivity index is 1.57. The molecule has 0 amide bonds. The fourth-order valence-electron chi connectivity index (χ4n) is 3.80. The number of fused-ring (bicyclic) bond motifs is 2. The van der Waals surface area contributed by atoms with Gasteiger partial charge in [0.1, 0.15) is 0 Å². The highest BCUT2D eigenvalue weighted by atomic mass is 79.9. The molecular formula is C16H23BrN2O. The average Bonchev–Trinajstić information content (AvgIpc) is 2.66. The molecule has 3 atom stereocenters. The van der Waals surface area contributed by atoms with Crippen LogP contribution in [-0.4, -0.2) is 34.7 Å². The number of hydrogen-bond acceptors (Lipinski definition) is 3. The van der Waals surface area contributed by atoms with Crippen LogP contribution < -0.4 is 5.73 Å². The summed E-state index contributed by atoms with van der Waals surface area (Å²) >= 11 is 3.50. The Kier molecular flexibility index (Phi) is 4.46. The van der Waals surface area contributed by atoms with E-state index in [1.165, 1.54) is 18.4 Å². The van der Waals surface area contributed by atoms with Crippen LogP contribution in [0.3, 0.4) is 0 Å². The lowest BCUT2D eigenvalue weighted by Crippen LogP contribution is -2.45. The molecule has 3 N–H and O–H groups in total. The van der Waals surface area contributed by atoms with Crippen molar-refractivity contribution in [2.24, 2.45) is 5.73 Å². The van der Waals surface area contributed by atoms with Crippen molar-refractivity contribution >= 4 is 15.9 Å². The van der Waals surface area contributed by atoms with Crippen LogP contribution in [0.2, 0.25) is 0 Å². The average molecular weight is 339 g/mol. The van der Waals surface area contributed by atoms with Gasteiger partial charge in [0.25, 0.3) is 0 Å². The number of piperidine rings is 1. The van der Waals surface area contributed by atoms with Crippen molar-refractivity contribution in [2.75, 3.05) is 6.54 Å². The summed E-state index contributed by atoms with van der Waals surface area (Å²) in [5.41, 5.74) is 7.52. The van der Waals surface area contributed by atoms with Crippen molar-refractivity contribution < 1.29 is 5.11 Å². The number of aliphatic hydroxyl groups is 1. The molecule has 2 bridgehead atoms. The quantitative estimate of drug-likeness (QED) is 0.887. The summed E-state index contributed by atoms with van der Waals surface area (Å²) in [5, 5.41) is 9.84. The molecule has 0 saturated carbocycles. The van der Waals surface area contributed by atoms with Gasteiger partial charge < -0.3 is 10.8 Å². The summed E-state index contributed by atoms with van der Waals surface area (Å²) in [4.78, 5) is 2.59. The highest BCUT2D eigenvalue weighted by molar-refractivity contribution is 9.10. The number of hydrogen-bond donors (Lipinski definition) is 2.